The van der Waals surface area contributed by atoms with Crippen molar-refractivity contribution < 1.29 is 4.74 Å². The van der Waals surface area contributed by atoms with E-state index in [4.69, 9.17) is 4.74 Å². The molecule has 0 spiro atoms. The largest absolute Gasteiger partial charge is 0.497 e. The highest BCUT2D eigenvalue weighted by atomic mass is 16.5. The number of benzene rings is 1. The number of rotatable bonds is 5. The lowest BCUT2D eigenvalue weighted by atomic mass is 10.0. The molecule has 1 aliphatic rings. The second-order valence-electron chi connectivity index (χ2n) is 6.09. The van der Waals surface area contributed by atoms with Crippen LogP contribution in [-0.4, -0.2) is 43.2 Å². The van der Waals surface area contributed by atoms with E-state index in [1.54, 1.807) is 7.11 Å². The number of piperazine rings is 1. The maximum atomic E-state index is 5.20. The topological polar surface area (TPSA) is 24.5 Å². The van der Waals surface area contributed by atoms with Crippen LogP contribution in [0.25, 0.3) is 0 Å². The molecule has 3 nitrogen and oxygen atoms in total. The third-order valence-electron chi connectivity index (χ3n) is 4.39. The second kappa shape index (κ2) is 7.09. The summed E-state index contributed by atoms with van der Waals surface area (Å²) in [6.07, 6.45) is 2.35. The number of hydrogen-bond donors (Lipinski definition) is 1. The second-order valence-corrected chi connectivity index (χ2v) is 6.09. The summed E-state index contributed by atoms with van der Waals surface area (Å²) in [5.74, 6) is 0.936. The molecule has 0 bridgehead atoms. The molecule has 112 valence electrons. The molecule has 3 heteroatoms. The minimum Gasteiger partial charge on any atom is -0.497 e. The summed E-state index contributed by atoms with van der Waals surface area (Å²) in [5.41, 5.74) is 1.40. The average Bonchev–Trinajstić information content (AvgIpc) is 2.47. The molecule has 3 unspecified atom stereocenters. The number of methoxy groups -OCH3 is 1. The van der Waals surface area contributed by atoms with Crippen LogP contribution in [0.1, 0.15) is 32.8 Å². The van der Waals surface area contributed by atoms with Gasteiger partial charge in [-0.25, -0.2) is 0 Å². The van der Waals surface area contributed by atoms with Gasteiger partial charge < -0.3 is 10.1 Å². The van der Waals surface area contributed by atoms with Crippen molar-refractivity contribution >= 4 is 0 Å². The third kappa shape index (κ3) is 3.97. The smallest absolute Gasteiger partial charge is 0.118 e. The summed E-state index contributed by atoms with van der Waals surface area (Å²) in [6, 6.07) is 10.3. The van der Waals surface area contributed by atoms with Gasteiger partial charge >= 0.3 is 0 Å². The normalized spacial score (nSPS) is 25.4. The first-order chi connectivity index (χ1) is 9.60. The summed E-state index contributed by atoms with van der Waals surface area (Å²) < 4.78 is 5.20. The average molecular weight is 276 g/mol. The number of nitrogens with zero attached hydrogens (tertiary/aromatic N) is 1. The van der Waals surface area contributed by atoms with Gasteiger partial charge in [-0.15, -0.1) is 0 Å². The van der Waals surface area contributed by atoms with Crippen LogP contribution in [0.5, 0.6) is 5.75 Å². The zero-order chi connectivity index (χ0) is 14.5. The lowest BCUT2D eigenvalue weighted by molar-refractivity contribution is 0.0989. The van der Waals surface area contributed by atoms with Gasteiger partial charge in [-0.2, -0.15) is 0 Å². The maximum Gasteiger partial charge on any atom is 0.118 e. The Labute approximate surface area is 123 Å². The summed E-state index contributed by atoms with van der Waals surface area (Å²) >= 11 is 0. The monoisotopic (exact) mass is 276 g/mol. The van der Waals surface area contributed by atoms with Crippen molar-refractivity contribution in [2.75, 3.05) is 20.2 Å². The molecule has 0 aromatic heterocycles. The Morgan fingerprint density at radius 2 is 2.00 bits per heavy atom. The number of ether oxygens (including phenoxy) is 1. The molecule has 2 rings (SSSR count). The van der Waals surface area contributed by atoms with Gasteiger partial charge in [0.2, 0.25) is 0 Å². The van der Waals surface area contributed by atoms with E-state index in [2.05, 4.69) is 55.3 Å². The third-order valence-corrected chi connectivity index (χ3v) is 4.39. The molecule has 1 saturated heterocycles. The van der Waals surface area contributed by atoms with E-state index < -0.39 is 0 Å². The van der Waals surface area contributed by atoms with Crippen LogP contribution in [-0.2, 0) is 6.42 Å². The molecule has 1 aromatic carbocycles. The number of hydrogen-bond acceptors (Lipinski definition) is 3. The van der Waals surface area contributed by atoms with E-state index in [-0.39, 0.29) is 0 Å². The first-order valence-corrected chi connectivity index (χ1v) is 7.72. The van der Waals surface area contributed by atoms with Crippen LogP contribution in [0, 0.1) is 0 Å². The SMILES string of the molecule is COc1ccc(CCC(C)N2CC(C)NCC2C)cc1. The predicted octanol–water partition coefficient (Wildman–Crippen LogP) is 2.70. The summed E-state index contributed by atoms with van der Waals surface area (Å²) in [4.78, 5) is 2.64. The lowest BCUT2D eigenvalue weighted by Crippen LogP contribution is -2.57. The van der Waals surface area contributed by atoms with Crippen LogP contribution >= 0.6 is 0 Å². The van der Waals surface area contributed by atoms with Gasteiger partial charge in [0.1, 0.15) is 5.75 Å². The van der Waals surface area contributed by atoms with Crippen molar-refractivity contribution in [2.45, 2.75) is 51.7 Å². The number of aryl methyl sites for hydroxylation is 1. The van der Waals surface area contributed by atoms with Crippen LogP contribution < -0.4 is 10.1 Å². The molecule has 0 aliphatic carbocycles. The van der Waals surface area contributed by atoms with Gasteiger partial charge in [0.05, 0.1) is 7.11 Å². The zero-order valence-corrected chi connectivity index (χ0v) is 13.2. The highest BCUT2D eigenvalue weighted by Gasteiger charge is 2.25. The number of nitrogens with one attached hydrogen (secondary N) is 1. The van der Waals surface area contributed by atoms with Gasteiger partial charge in [0.15, 0.2) is 0 Å². The van der Waals surface area contributed by atoms with Crippen LogP contribution in [0.2, 0.25) is 0 Å². The molecule has 1 aliphatic heterocycles. The molecule has 3 atom stereocenters. The fourth-order valence-corrected chi connectivity index (χ4v) is 3.00. The van der Waals surface area contributed by atoms with Gasteiger partial charge in [0, 0.05) is 31.2 Å². The highest BCUT2D eigenvalue weighted by molar-refractivity contribution is 5.27. The Balaban J connectivity index is 1.85. The molecule has 1 aromatic rings. The van der Waals surface area contributed by atoms with E-state index in [0.717, 1.165) is 25.3 Å². The minimum absolute atomic E-state index is 0.606. The molecule has 20 heavy (non-hydrogen) atoms. The lowest BCUT2D eigenvalue weighted by Gasteiger charge is -2.41. The molecular weight excluding hydrogens is 248 g/mol. The quantitative estimate of drug-likeness (QED) is 0.895. The minimum atomic E-state index is 0.606. The van der Waals surface area contributed by atoms with E-state index >= 15 is 0 Å². The van der Waals surface area contributed by atoms with Gasteiger partial charge in [-0.1, -0.05) is 12.1 Å². The van der Waals surface area contributed by atoms with Crippen LogP contribution in [0.3, 0.4) is 0 Å². The van der Waals surface area contributed by atoms with Gasteiger partial charge in [-0.3, -0.25) is 4.90 Å². The Morgan fingerprint density at radius 3 is 2.65 bits per heavy atom. The van der Waals surface area contributed by atoms with Crippen molar-refractivity contribution in [3.8, 4) is 5.75 Å². The maximum absolute atomic E-state index is 5.20. The molecule has 1 N–H and O–H groups in total. The van der Waals surface area contributed by atoms with E-state index in [0.29, 0.717) is 18.1 Å². The molecule has 0 saturated carbocycles. The predicted molar refractivity (Wildman–Crippen MR) is 84.4 cm³/mol. The van der Waals surface area contributed by atoms with Crippen molar-refractivity contribution in [2.24, 2.45) is 0 Å². The Bertz CT molecular complexity index is 404. The molecule has 1 heterocycles. The standard InChI is InChI=1S/C17H28N2O/c1-13-12-19(15(3)11-18-13)14(2)5-6-16-7-9-17(20-4)10-8-16/h7-10,13-15,18H,5-6,11-12H2,1-4H3. The van der Waals surface area contributed by atoms with Crippen molar-refractivity contribution in [1.82, 2.24) is 10.2 Å². The zero-order valence-electron chi connectivity index (χ0n) is 13.2. The molecular formula is C17H28N2O. The fourth-order valence-electron chi connectivity index (χ4n) is 3.00. The van der Waals surface area contributed by atoms with Crippen LogP contribution in [0.4, 0.5) is 0 Å². The Kier molecular flexibility index (Phi) is 5.44. The molecule has 0 amide bonds. The highest BCUT2D eigenvalue weighted by Crippen LogP contribution is 2.17. The van der Waals surface area contributed by atoms with Crippen molar-refractivity contribution in [3.63, 3.8) is 0 Å². The fraction of sp³-hybridized carbons (Fsp3) is 0.647. The van der Waals surface area contributed by atoms with E-state index in [9.17, 15) is 0 Å². The summed E-state index contributed by atoms with van der Waals surface area (Å²) in [5, 5.41) is 3.55. The van der Waals surface area contributed by atoms with Gasteiger partial charge in [-0.05, 0) is 51.3 Å². The van der Waals surface area contributed by atoms with Crippen molar-refractivity contribution in [3.05, 3.63) is 29.8 Å². The summed E-state index contributed by atoms with van der Waals surface area (Å²) in [7, 11) is 1.71. The van der Waals surface area contributed by atoms with E-state index in [1.807, 2.05) is 0 Å². The Hall–Kier alpha value is -1.06. The van der Waals surface area contributed by atoms with E-state index in [1.165, 1.54) is 12.0 Å². The first-order valence-electron chi connectivity index (χ1n) is 7.72. The first kappa shape index (κ1) is 15.3. The summed E-state index contributed by atoms with van der Waals surface area (Å²) in [6.45, 7) is 9.22. The molecule has 0 radical (unpaired) electrons. The molecule has 1 fully saturated rings. The Morgan fingerprint density at radius 1 is 1.30 bits per heavy atom. The van der Waals surface area contributed by atoms with Gasteiger partial charge in [0.25, 0.3) is 0 Å². The van der Waals surface area contributed by atoms with Crippen molar-refractivity contribution in [1.29, 1.82) is 0 Å². The van der Waals surface area contributed by atoms with Crippen LogP contribution in [0.15, 0.2) is 24.3 Å².